The molecule has 5 nitrogen and oxygen atoms in total. The normalized spacial score (nSPS) is 18.9. The Hall–Kier alpha value is -1.40. The number of aliphatic carboxylic acids is 1. The fraction of sp³-hybridized carbons (Fsp3) is 0.385. The number of hydrogen-bond acceptors (Lipinski definition) is 4. The largest absolute Gasteiger partial charge is 0.481 e. The quantitative estimate of drug-likeness (QED) is 0.886. The summed E-state index contributed by atoms with van der Waals surface area (Å²) in [4.78, 5) is 24.5. The number of nitrogens with two attached hydrogens (primary N) is 1. The van der Waals surface area contributed by atoms with Crippen molar-refractivity contribution in [3.8, 4) is 0 Å². The summed E-state index contributed by atoms with van der Waals surface area (Å²) >= 11 is 7.61. The van der Waals surface area contributed by atoms with Gasteiger partial charge in [0.15, 0.2) is 0 Å². The number of carbonyl (C=O) groups excluding carboxylic acids is 1. The third-order valence-corrected chi connectivity index (χ3v) is 4.50. The minimum Gasteiger partial charge on any atom is -0.481 e. The van der Waals surface area contributed by atoms with Gasteiger partial charge in [-0.2, -0.15) is 11.8 Å². The first-order valence-electron chi connectivity index (χ1n) is 6.14. The molecule has 108 valence electrons. The molecule has 1 unspecified atom stereocenters. The summed E-state index contributed by atoms with van der Waals surface area (Å²) in [6.07, 6.45) is 0.0355. The van der Waals surface area contributed by atoms with Crippen molar-refractivity contribution in [2.24, 2.45) is 5.73 Å². The van der Waals surface area contributed by atoms with Crippen LogP contribution in [0.25, 0.3) is 0 Å². The molecule has 0 spiro atoms. The number of hydrogen-bond donors (Lipinski definition) is 2. The zero-order valence-electron chi connectivity index (χ0n) is 10.7. The maximum Gasteiger partial charge on any atom is 0.305 e. The molecule has 0 aliphatic carbocycles. The Morgan fingerprint density at radius 1 is 1.50 bits per heavy atom. The highest BCUT2D eigenvalue weighted by atomic mass is 35.5. The summed E-state index contributed by atoms with van der Waals surface area (Å²) in [5.74, 6) is 0.191. The summed E-state index contributed by atoms with van der Waals surface area (Å²) in [6, 6.07) is 4.79. The van der Waals surface area contributed by atoms with E-state index in [0.29, 0.717) is 28.6 Å². The highest BCUT2D eigenvalue weighted by Gasteiger charge is 2.27. The Labute approximate surface area is 126 Å². The van der Waals surface area contributed by atoms with Crippen LogP contribution in [0.3, 0.4) is 0 Å². The van der Waals surface area contributed by atoms with Gasteiger partial charge in [0.25, 0.3) is 5.91 Å². The van der Waals surface area contributed by atoms with Crippen LogP contribution in [0.5, 0.6) is 0 Å². The average molecular weight is 315 g/mol. The molecular formula is C13H15ClN2O3S. The lowest BCUT2D eigenvalue weighted by Gasteiger charge is -2.37. The van der Waals surface area contributed by atoms with Gasteiger partial charge in [0.05, 0.1) is 12.0 Å². The van der Waals surface area contributed by atoms with Crippen molar-refractivity contribution < 1.29 is 14.7 Å². The maximum atomic E-state index is 11.6. The molecule has 1 aliphatic heterocycles. The first kappa shape index (κ1) is 15.0. The van der Waals surface area contributed by atoms with Gasteiger partial charge in [0, 0.05) is 34.8 Å². The molecule has 1 aromatic carbocycles. The molecule has 0 radical (unpaired) electrons. The van der Waals surface area contributed by atoms with Crippen LogP contribution in [0.4, 0.5) is 5.69 Å². The van der Waals surface area contributed by atoms with Crippen molar-refractivity contribution in [1.29, 1.82) is 0 Å². The molecule has 1 fully saturated rings. The highest BCUT2D eigenvalue weighted by Crippen LogP contribution is 2.30. The third-order valence-electron chi connectivity index (χ3n) is 3.17. The molecule has 1 atom stereocenters. The third kappa shape index (κ3) is 3.37. The van der Waals surface area contributed by atoms with Crippen LogP contribution in [0, 0.1) is 0 Å². The summed E-state index contributed by atoms with van der Waals surface area (Å²) in [5, 5.41) is 9.44. The van der Waals surface area contributed by atoms with E-state index in [1.807, 2.05) is 4.90 Å². The number of anilines is 1. The van der Waals surface area contributed by atoms with Gasteiger partial charge in [-0.25, -0.2) is 0 Å². The number of amides is 1. The van der Waals surface area contributed by atoms with Crippen LogP contribution in [0.2, 0.25) is 5.02 Å². The van der Waals surface area contributed by atoms with Crippen molar-refractivity contribution in [2.45, 2.75) is 12.5 Å². The van der Waals surface area contributed by atoms with Crippen molar-refractivity contribution in [3.63, 3.8) is 0 Å². The summed E-state index contributed by atoms with van der Waals surface area (Å²) in [5.41, 5.74) is 6.38. The molecule has 1 heterocycles. The predicted octanol–water partition coefficient (Wildman–Crippen LogP) is 1.84. The van der Waals surface area contributed by atoms with Gasteiger partial charge in [0.2, 0.25) is 0 Å². The fourth-order valence-corrected chi connectivity index (χ4v) is 3.53. The first-order valence-corrected chi connectivity index (χ1v) is 7.68. The number of thioether (sulfide) groups is 1. The predicted molar refractivity (Wildman–Crippen MR) is 80.7 cm³/mol. The minimum absolute atomic E-state index is 0.0355. The molecule has 0 bridgehead atoms. The van der Waals surface area contributed by atoms with E-state index < -0.39 is 11.9 Å². The Morgan fingerprint density at radius 3 is 2.90 bits per heavy atom. The molecule has 7 heteroatoms. The van der Waals surface area contributed by atoms with E-state index in [1.54, 1.807) is 23.9 Å². The Balaban J connectivity index is 2.36. The lowest BCUT2D eigenvalue weighted by atomic mass is 10.1. The van der Waals surface area contributed by atoms with E-state index in [-0.39, 0.29) is 12.5 Å². The monoisotopic (exact) mass is 314 g/mol. The lowest BCUT2D eigenvalue weighted by molar-refractivity contribution is -0.137. The Morgan fingerprint density at radius 2 is 2.25 bits per heavy atom. The molecular weight excluding hydrogens is 300 g/mol. The maximum absolute atomic E-state index is 11.6. The van der Waals surface area contributed by atoms with Crippen molar-refractivity contribution in [1.82, 2.24) is 0 Å². The van der Waals surface area contributed by atoms with E-state index in [4.69, 9.17) is 22.4 Å². The second-order valence-electron chi connectivity index (χ2n) is 4.55. The van der Waals surface area contributed by atoms with Crippen molar-refractivity contribution in [2.75, 3.05) is 23.0 Å². The van der Waals surface area contributed by atoms with E-state index >= 15 is 0 Å². The average Bonchev–Trinajstić information content (AvgIpc) is 2.39. The molecule has 2 rings (SSSR count). The molecule has 3 N–H and O–H groups in total. The van der Waals surface area contributed by atoms with E-state index in [9.17, 15) is 9.59 Å². The van der Waals surface area contributed by atoms with Crippen LogP contribution in [0.15, 0.2) is 18.2 Å². The number of halogens is 1. The van der Waals surface area contributed by atoms with Gasteiger partial charge in [-0.05, 0) is 18.2 Å². The van der Waals surface area contributed by atoms with Crippen LogP contribution in [-0.2, 0) is 4.79 Å². The Kier molecular flexibility index (Phi) is 4.77. The molecule has 1 saturated heterocycles. The standard InChI is InChI=1S/C13H15ClN2O3S/c14-8-1-2-11(10(5-8)13(15)19)16-3-4-20-7-9(16)6-12(17)18/h1-2,5,9H,3-4,6-7H2,(H2,15,19)(H,17,18). The zero-order valence-corrected chi connectivity index (χ0v) is 12.3. The molecule has 20 heavy (non-hydrogen) atoms. The van der Waals surface area contributed by atoms with E-state index in [0.717, 1.165) is 5.75 Å². The topological polar surface area (TPSA) is 83.6 Å². The zero-order chi connectivity index (χ0) is 14.7. The second kappa shape index (κ2) is 6.37. The lowest BCUT2D eigenvalue weighted by Crippen LogP contribution is -2.44. The van der Waals surface area contributed by atoms with Gasteiger partial charge in [-0.1, -0.05) is 11.6 Å². The fourth-order valence-electron chi connectivity index (χ4n) is 2.30. The number of nitrogens with zero attached hydrogens (tertiary/aromatic N) is 1. The SMILES string of the molecule is NC(=O)c1cc(Cl)ccc1N1CCSCC1CC(=O)O. The number of carbonyl (C=O) groups is 2. The smallest absolute Gasteiger partial charge is 0.305 e. The Bertz CT molecular complexity index is 538. The van der Waals surface area contributed by atoms with Gasteiger partial charge in [0.1, 0.15) is 0 Å². The van der Waals surface area contributed by atoms with E-state index in [1.165, 1.54) is 6.07 Å². The molecule has 1 aromatic rings. The first-order chi connectivity index (χ1) is 9.49. The van der Waals surface area contributed by atoms with Gasteiger partial charge in [-0.15, -0.1) is 0 Å². The van der Waals surface area contributed by atoms with Crippen LogP contribution >= 0.6 is 23.4 Å². The summed E-state index contributed by atoms with van der Waals surface area (Å²) in [6.45, 7) is 0.685. The minimum atomic E-state index is -0.850. The number of carboxylic acids is 1. The summed E-state index contributed by atoms with van der Waals surface area (Å²) < 4.78 is 0. The number of carboxylic acid groups (broad SMARTS) is 1. The van der Waals surface area contributed by atoms with Gasteiger partial charge in [-0.3, -0.25) is 9.59 Å². The molecule has 1 amide bonds. The number of rotatable bonds is 4. The van der Waals surface area contributed by atoms with Gasteiger partial charge >= 0.3 is 5.97 Å². The van der Waals surface area contributed by atoms with Crippen molar-refractivity contribution in [3.05, 3.63) is 28.8 Å². The van der Waals surface area contributed by atoms with Crippen LogP contribution in [0.1, 0.15) is 16.8 Å². The number of primary amides is 1. The molecule has 0 aromatic heterocycles. The number of benzene rings is 1. The van der Waals surface area contributed by atoms with Crippen LogP contribution < -0.4 is 10.6 Å². The second-order valence-corrected chi connectivity index (χ2v) is 6.13. The van der Waals surface area contributed by atoms with Crippen LogP contribution in [-0.4, -0.2) is 41.1 Å². The molecule has 0 saturated carbocycles. The summed E-state index contributed by atoms with van der Waals surface area (Å²) in [7, 11) is 0. The van der Waals surface area contributed by atoms with Crippen molar-refractivity contribution >= 4 is 40.9 Å². The van der Waals surface area contributed by atoms with E-state index in [2.05, 4.69) is 0 Å². The van der Waals surface area contributed by atoms with Gasteiger partial charge < -0.3 is 15.7 Å². The highest BCUT2D eigenvalue weighted by molar-refractivity contribution is 7.99. The molecule has 1 aliphatic rings.